The van der Waals surface area contributed by atoms with Gasteiger partial charge >= 0.3 is 0 Å². The molecule has 0 aliphatic rings. The van der Waals surface area contributed by atoms with Crippen molar-refractivity contribution < 1.29 is 8.42 Å². The van der Waals surface area contributed by atoms with Crippen molar-refractivity contribution in [3.63, 3.8) is 0 Å². The third-order valence-electron chi connectivity index (χ3n) is 2.72. The predicted molar refractivity (Wildman–Crippen MR) is 76.5 cm³/mol. The number of nitrogens with zero attached hydrogens (tertiary/aromatic N) is 2. The lowest BCUT2D eigenvalue weighted by molar-refractivity contribution is 0.571. The Morgan fingerprint density at radius 2 is 2.05 bits per heavy atom. The van der Waals surface area contributed by atoms with Gasteiger partial charge in [0.15, 0.2) is 0 Å². The second-order valence-electron chi connectivity index (χ2n) is 4.43. The minimum absolute atomic E-state index is 0.496. The minimum Gasteiger partial charge on any atom is -0.399 e. The Balaban J connectivity index is 2.50. The Kier molecular flexibility index (Phi) is 3.56. The Morgan fingerprint density at radius 1 is 1.37 bits per heavy atom. The molecule has 0 amide bonds. The SMILES string of the molecule is CC(C)S(=O)(=O)n1cc(-c2cc(N)ccc2Cl)cn1. The van der Waals surface area contributed by atoms with Gasteiger partial charge in [-0.25, -0.2) is 8.42 Å². The molecule has 2 aromatic rings. The first kappa shape index (κ1) is 13.9. The van der Waals surface area contributed by atoms with E-state index < -0.39 is 15.3 Å². The molecule has 1 heterocycles. The summed E-state index contributed by atoms with van der Waals surface area (Å²) in [5.74, 6) is 0. The third-order valence-corrected chi connectivity index (χ3v) is 4.96. The zero-order valence-corrected chi connectivity index (χ0v) is 12.1. The van der Waals surface area contributed by atoms with Crippen molar-refractivity contribution in [3.8, 4) is 11.1 Å². The number of halogens is 1. The van der Waals surface area contributed by atoms with E-state index in [1.165, 1.54) is 12.4 Å². The molecule has 0 saturated carbocycles. The van der Waals surface area contributed by atoms with Gasteiger partial charge in [0.2, 0.25) is 0 Å². The summed E-state index contributed by atoms with van der Waals surface area (Å²) in [7, 11) is -3.46. The Bertz CT molecular complexity index is 708. The number of nitrogen functional groups attached to an aromatic ring is 1. The molecule has 1 aromatic carbocycles. The summed E-state index contributed by atoms with van der Waals surface area (Å²) in [4.78, 5) is 0. The summed E-state index contributed by atoms with van der Waals surface area (Å²) < 4.78 is 24.9. The van der Waals surface area contributed by atoms with Crippen LogP contribution in [0.2, 0.25) is 5.02 Å². The molecule has 0 saturated heterocycles. The smallest absolute Gasteiger partial charge is 0.256 e. The van der Waals surface area contributed by atoms with Gasteiger partial charge in [0.05, 0.1) is 17.6 Å². The number of benzene rings is 1. The average Bonchev–Trinajstić information content (AvgIpc) is 2.82. The molecule has 102 valence electrons. The molecule has 0 fully saturated rings. The number of anilines is 1. The van der Waals surface area contributed by atoms with Crippen LogP contribution in [0.5, 0.6) is 0 Å². The molecule has 0 radical (unpaired) electrons. The molecule has 0 spiro atoms. The topological polar surface area (TPSA) is 78.0 Å². The molecule has 7 heteroatoms. The quantitative estimate of drug-likeness (QED) is 0.883. The number of rotatable bonds is 3. The van der Waals surface area contributed by atoms with Gasteiger partial charge < -0.3 is 5.73 Å². The predicted octanol–water partition coefficient (Wildman–Crippen LogP) is 2.37. The van der Waals surface area contributed by atoms with E-state index in [9.17, 15) is 8.42 Å². The van der Waals surface area contributed by atoms with E-state index in [-0.39, 0.29) is 0 Å². The van der Waals surface area contributed by atoms with Gasteiger partial charge in [0.1, 0.15) is 0 Å². The third kappa shape index (κ3) is 2.59. The zero-order chi connectivity index (χ0) is 14.2. The van der Waals surface area contributed by atoms with Gasteiger partial charge in [0, 0.05) is 21.8 Å². The van der Waals surface area contributed by atoms with E-state index in [0.717, 1.165) is 4.09 Å². The van der Waals surface area contributed by atoms with Gasteiger partial charge in [-0.1, -0.05) is 11.6 Å². The molecular weight excluding hydrogens is 286 g/mol. The van der Waals surface area contributed by atoms with Crippen LogP contribution in [0.4, 0.5) is 5.69 Å². The van der Waals surface area contributed by atoms with E-state index in [2.05, 4.69) is 5.10 Å². The van der Waals surface area contributed by atoms with Crippen molar-refractivity contribution in [3.05, 3.63) is 35.6 Å². The van der Waals surface area contributed by atoms with Crippen molar-refractivity contribution in [1.29, 1.82) is 0 Å². The van der Waals surface area contributed by atoms with Crippen LogP contribution in [0.3, 0.4) is 0 Å². The number of aromatic nitrogens is 2. The van der Waals surface area contributed by atoms with Gasteiger partial charge in [-0.05, 0) is 32.0 Å². The highest BCUT2D eigenvalue weighted by molar-refractivity contribution is 7.90. The molecule has 19 heavy (non-hydrogen) atoms. The molecule has 0 unspecified atom stereocenters. The Morgan fingerprint density at radius 3 is 2.68 bits per heavy atom. The van der Waals surface area contributed by atoms with Crippen LogP contribution >= 0.6 is 11.6 Å². The zero-order valence-electron chi connectivity index (χ0n) is 10.5. The largest absolute Gasteiger partial charge is 0.399 e. The van der Waals surface area contributed by atoms with Crippen LogP contribution < -0.4 is 5.73 Å². The fraction of sp³-hybridized carbons (Fsp3) is 0.250. The van der Waals surface area contributed by atoms with Crippen molar-refractivity contribution in [2.75, 3.05) is 5.73 Å². The highest BCUT2D eigenvalue weighted by Crippen LogP contribution is 2.29. The van der Waals surface area contributed by atoms with Crippen LogP contribution in [0, 0.1) is 0 Å². The van der Waals surface area contributed by atoms with E-state index >= 15 is 0 Å². The van der Waals surface area contributed by atoms with Crippen molar-refractivity contribution in [1.82, 2.24) is 9.19 Å². The molecule has 2 N–H and O–H groups in total. The molecule has 0 bridgehead atoms. The first-order valence-corrected chi connectivity index (χ1v) is 7.55. The highest BCUT2D eigenvalue weighted by atomic mass is 35.5. The Labute approximate surface area is 117 Å². The van der Waals surface area contributed by atoms with Gasteiger partial charge in [0.25, 0.3) is 10.0 Å². The monoisotopic (exact) mass is 299 g/mol. The molecule has 2 rings (SSSR count). The van der Waals surface area contributed by atoms with Crippen molar-refractivity contribution >= 4 is 27.3 Å². The van der Waals surface area contributed by atoms with Crippen molar-refractivity contribution in [2.24, 2.45) is 0 Å². The van der Waals surface area contributed by atoms with Crippen LogP contribution in [0.15, 0.2) is 30.6 Å². The maximum atomic E-state index is 12.0. The van der Waals surface area contributed by atoms with Gasteiger partial charge in [-0.2, -0.15) is 9.19 Å². The second kappa shape index (κ2) is 4.86. The molecule has 0 aliphatic heterocycles. The second-order valence-corrected chi connectivity index (χ2v) is 7.19. The van der Waals surface area contributed by atoms with Crippen LogP contribution in [-0.4, -0.2) is 22.9 Å². The summed E-state index contributed by atoms with van der Waals surface area (Å²) in [5, 5.41) is 3.84. The minimum atomic E-state index is -3.46. The molecule has 5 nitrogen and oxygen atoms in total. The first-order valence-electron chi connectivity index (χ1n) is 5.67. The lowest BCUT2D eigenvalue weighted by Gasteiger charge is -2.06. The first-order chi connectivity index (χ1) is 8.82. The highest BCUT2D eigenvalue weighted by Gasteiger charge is 2.20. The molecule has 0 atom stereocenters. The maximum Gasteiger partial charge on any atom is 0.256 e. The van der Waals surface area contributed by atoms with E-state index in [1.807, 2.05) is 0 Å². The average molecular weight is 300 g/mol. The lowest BCUT2D eigenvalue weighted by atomic mass is 10.1. The van der Waals surface area contributed by atoms with Crippen LogP contribution in [0.1, 0.15) is 13.8 Å². The van der Waals surface area contributed by atoms with E-state index in [0.29, 0.717) is 21.8 Å². The summed E-state index contributed by atoms with van der Waals surface area (Å²) in [6.45, 7) is 3.20. The summed E-state index contributed by atoms with van der Waals surface area (Å²) in [6, 6.07) is 5.04. The van der Waals surface area contributed by atoms with Crippen LogP contribution in [0.25, 0.3) is 11.1 Å². The number of hydrogen-bond donors (Lipinski definition) is 1. The van der Waals surface area contributed by atoms with E-state index in [1.54, 1.807) is 32.0 Å². The van der Waals surface area contributed by atoms with Gasteiger partial charge in [-0.15, -0.1) is 0 Å². The molecule has 0 aliphatic carbocycles. The maximum absolute atomic E-state index is 12.0. The van der Waals surface area contributed by atoms with E-state index in [4.69, 9.17) is 17.3 Å². The lowest BCUT2D eigenvalue weighted by Crippen LogP contribution is -2.22. The van der Waals surface area contributed by atoms with Crippen LogP contribution in [-0.2, 0) is 10.0 Å². The molecular formula is C12H14ClN3O2S. The van der Waals surface area contributed by atoms with Gasteiger partial charge in [-0.3, -0.25) is 0 Å². The fourth-order valence-corrected chi connectivity index (χ4v) is 2.66. The summed E-state index contributed by atoms with van der Waals surface area (Å²) >= 11 is 6.07. The number of hydrogen-bond acceptors (Lipinski definition) is 4. The van der Waals surface area contributed by atoms with Crippen molar-refractivity contribution in [2.45, 2.75) is 19.1 Å². The standard InChI is InChI=1S/C12H14ClN3O2S/c1-8(2)19(17,18)16-7-9(6-15-16)11-5-10(14)3-4-12(11)13/h3-8H,14H2,1-2H3. The normalized spacial score (nSPS) is 12.0. The summed E-state index contributed by atoms with van der Waals surface area (Å²) in [5.41, 5.74) is 7.53. The summed E-state index contributed by atoms with van der Waals surface area (Å²) in [6.07, 6.45) is 2.90. The molecule has 1 aromatic heterocycles. The number of nitrogens with two attached hydrogens (primary N) is 1. The Hall–Kier alpha value is -1.53. The fourth-order valence-electron chi connectivity index (χ4n) is 1.56.